The Morgan fingerprint density at radius 2 is 1.75 bits per heavy atom. The van der Waals surface area contributed by atoms with Gasteiger partial charge < -0.3 is 24.7 Å². The van der Waals surface area contributed by atoms with E-state index in [1.54, 1.807) is 14.2 Å². The van der Waals surface area contributed by atoms with Crippen molar-refractivity contribution >= 4 is 0 Å². The SMILES string of the molecule is COCCCOc1cc(CC2(N)CC(OCc3ccccc3)C2)ccc1OC. The smallest absolute Gasteiger partial charge is 0.161 e. The molecule has 0 heterocycles. The number of nitrogens with two attached hydrogens (primary N) is 1. The maximum absolute atomic E-state index is 6.59. The van der Waals surface area contributed by atoms with Gasteiger partial charge in [-0.15, -0.1) is 0 Å². The summed E-state index contributed by atoms with van der Waals surface area (Å²) in [7, 11) is 3.35. The molecule has 0 unspecified atom stereocenters. The Bertz CT molecular complexity index is 729. The fourth-order valence-corrected chi connectivity index (χ4v) is 3.63. The van der Waals surface area contributed by atoms with Crippen LogP contribution in [-0.2, 0) is 22.5 Å². The molecule has 0 saturated heterocycles. The van der Waals surface area contributed by atoms with Gasteiger partial charge in [0.25, 0.3) is 0 Å². The number of rotatable bonds is 11. The van der Waals surface area contributed by atoms with E-state index in [0.29, 0.717) is 19.8 Å². The van der Waals surface area contributed by atoms with Gasteiger partial charge in [-0.2, -0.15) is 0 Å². The lowest BCUT2D eigenvalue weighted by atomic mass is 9.71. The molecular weight excluding hydrogens is 354 g/mol. The van der Waals surface area contributed by atoms with Crippen LogP contribution < -0.4 is 15.2 Å². The second kappa shape index (κ2) is 9.92. The van der Waals surface area contributed by atoms with Crippen molar-refractivity contribution in [2.24, 2.45) is 5.73 Å². The van der Waals surface area contributed by atoms with E-state index >= 15 is 0 Å². The van der Waals surface area contributed by atoms with Gasteiger partial charge in [-0.3, -0.25) is 0 Å². The first-order chi connectivity index (χ1) is 13.6. The van der Waals surface area contributed by atoms with Gasteiger partial charge in [0.05, 0.1) is 26.4 Å². The second-order valence-corrected chi connectivity index (χ2v) is 7.55. The van der Waals surface area contributed by atoms with Gasteiger partial charge in [-0.25, -0.2) is 0 Å². The molecule has 0 atom stereocenters. The van der Waals surface area contributed by atoms with Crippen LogP contribution in [0.2, 0.25) is 0 Å². The molecule has 0 aliphatic heterocycles. The normalized spacial score (nSPS) is 21.2. The Hall–Kier alpha value is -2.08. The van der Waals surface area contributed by atoms with Crippen LogP contribution in [0.4, 0.5) is 0 Å². The number of hydrogen-bond donors (Lipinski definition) is 1. The summed E-state index contributed by atoms with van der Waals surface area (Å²) in [6.07, 6.45) is 3.61. The Kier molecular flexibility index (Phi) is 7.31. The van der Waals surface area contributed by atoms with E-state index < -0.39 is 0 Å². The van der Waals surface area contributed by atoms with Crippen molar-refractivity contribution in [1.82, 2.24) is 0 Å². The van der Waals surface area contributed by atoms with Crippen molar-refractivity contribution < 1.29 is 18.9 Å². The molecule has 0 aromatic heterocycles. The molecule has 5 heteroatoms. The molecule has 1 aliphatic rings. The zero-order chi connectivity index (χ0) is 19.8. The van der Waals surface area contributed by atoms with Crippen molar-refractivity contribution in [3.63, 3.8) is 0 Å². The molecule has 152 valence electrons. The third-order valence-electron chi connectivity index (χ3n) is 5.13. The first-order valence-electron chi connectivity index (χ1n) is 9.85. The summed E-state index contributed by atoms with van der Waals surface area (Å²) in [5.74, 6) is 1.50. The third-order valence-corrected chi connectivity index (χ3v) is 5.13. The molecule has 0 amide bonds. The summed E-state index contributed by atoms with van der Waals surface area (Å²) >= 11 is 0. The quantitative estimate of drug-likeness (QED) is 0.597. The van der Waals surface area contributed by atoms with Gasteiger partial charge in [0.15, 0.2) is 11.5 Å². The van der Waals surface area contributed by atoms with Gasteiger partial charge >= 0.3 is 0 Å². The van der Waals surface area contributed by atoms with E-state index in [1.807, 2.05) is 30.3 Å². The molecule has 1 saturated carbocycles. The zero-order valence-corrected chi connectivity index (χ0v) is 16.9. The van der Waals surface area contributed by atoms with Crippen molar-refractivity contribution in [1.29, 1.82) is 0 Å². The Labute approximate surface area is 167 Å². The lowest BCUT2D eigenvalue weighted by Crippen LogP contribution is -2.56. The molecule has 2 aromatic carbocycles. The maximum Gasteiger partial charge on any atom is 0.161 e. The molecule has 3 rings (SSSR count). The molecule has 0 spiro atoms. The highest BCUT2D eigenvalue weighted by molar-refractivity contribution is 5.43. The highest BCUT2D eigenvalue weighted by Crippen LogP contribution is 2.37. The summed E-state index contributed by atoms with van der Waals surface area (Å²) < 4.78 is 22.3. The van der Waals surface area contributed by atoms with Crippen LogP contribution in [0.3, 0.4) is 0 Å². The Balaban J connectivity index is 1.50. The average Bonchev–Trinajstić information content (AvgIpc) is 2.69. The van der Waals surface area contributed by atoms with Crippen molar-refractivity contribution in [2.75, 3.05) is 27.4 Å². The topological polar surface area (TPSA) is 62.9 Å². The van der Waals surface area contributed by atoms with E-state index in [-0.39, 0.29) is 11.6 Å². The summed E-state index contributed by atoms with van der Waals surface area (Å²) in [4.78, 5) is 0. The predicted octanol–water partition coefficient (Wildman–Crippen LogP) is 3.73. The first-order valence-corrected chi connectivity index (χ1v) is 9.85. The van der Waals surface area contributed by atoms with Crippen molar-refractivity contribution in [2.45, 2.75) is 43.9 Å². The molecule has 0 bridgehead atoms. The van der Waals surface area contributed by atoms with E-state index in [0.717, 1.165) is 42.7 Å². The summed E-state index contributed by atoms with van der Waals surface area (Å²) in [5.41, 5.74) is 8.72. The number of methoxy groups -OCH3 is 2. The van der Waals surface area contributed by atoms with Crippen LogP contribution in [0, 0.1) is 0 Å². The minimum Gasteiger partial charge on any atom is -0.493 e. The van der Waals surface area contributed by atoms with E-state index in [4.69, 9.17) is 24.7 Å². The largest absolute Gasteiger partial charge is 0.493 e. The Morgan fingerprint density at radius 1 is 0.964 bits per heavy atom. The van der Waals surface area contributed by atoms with Crippen LogP contribution in [0.1, 0.15) is 30.4 Å². The monoisotopic (exact) mass is 385 g/mol. The minimum atomic E-state index is -0.219. The van der Waals surface area contributed by atoms with Gasteiger partial charge in [-0.05, 0) is 42.5 Å². The highest BCUT2D eigenvalue weighted by atomic mass is 16.5. The minimum absolute atomic E-state index is 0.219. The molecule has 5 nitrogen and oxygen atoms in total. The number of ether oxygens (including phenoxy) is 4. The molecule has 1 fully saturated rings. The van der Waals surface area contributed by atoms with Crippen LogP contribution >= 0.6 is 0 Å². The van der Waals surface area contributed by atoms with Gasteiger partial charge in [0.2, 0.25) is 0 Å². The number of hydrogen-bond acceptors (Lipinski definition) is 5. The summed E-state index contributed by atoms with van der Waals surface area (Å²) in [6.45, 7) is 1.92. The van der Waals surface area contributed by atoms with Crippen molar-refractivity contribution in [3.05, 3.63) is 59.7 Å². The fraction of sp³-hybridized carbons (Fsp3) is 0.478. The van der Waals surface area contributed by atoms with E-state index in [2.05, 4.69) is 18.2 Å². The third kappa shape index (κ3) is 5.71. The lowest BCUT2D eigenvalue weighted by molar-refractivity contribution is -0.0514. The van der Waals surface area contributed by atoms with Crippen LogP contribution in [0.5, 0.6) is 11.5 Å². The van der Waals surface area contributed by atoms with E-state index in [1.165, 1.54) is 5.56 Å². The molecule has 1 aliphatic carbocycles. The molecular formula is C23H31NO4. The zero-order valence-electron chi connectivity index (χ0n) is 16.9. The molecule has 2 aromatic rings. The summed E-state index contributed by atoms with van der Waals surface area (Å²) in [6, 6.07) is 16.3. The van der Waals surface area contributed by atoms with E-state index in [9.17, 15) is 0 Å². The second-order valence-electron chi connectivity index (χ2n) is 7.55. The average molecular weight is 386 g/mol. The van der Waals surface area contributed by atoms with Crippen LogP contribution in [0.25, 0.3) is 0 Å². The molecule has 28 heavy (non-hydrogen) atoms. The van der Waals surface area contributed by atoms with Gasteiger partial charge in [0.1, 0.15) is 0 Å². The first kappa shape index (κ1) is 20.6. The predicted molar refractivity (Wildman–Crippen MR) is 110 cm³/mol. The Morgan fingerprint density at radius 3 is 2.46 bits per heavy atom. The van der Waals surface area contributed by atoms with Crippen molar-refractivity contribution in [3.8, 4) is 11.5 Å². The maximum atomic E-state index is 6.59. The number of benzene rings is 2. The summed E-state index contributed by atoms with van der Waals surface area (Å²) in [5, 5.41) is 0. The molecule has 2 N–H and O–H groups in total. The van der Waals surface area contributed by atoms with Crippen LogP contribution in [0.15, 0.2) is 48.5 Å². The molecule has 0 radical (unpaired) electrons. The lowest BCUT2D eigenvalue weighted by Gasteiger charge is -2.45. The van der Waals surface area contributed by atoms with Gasteiger partial charge in [-0.1, -0.05) is 36.4 Å². The van der Waals surface area contributed by atoms with Crippen LogP contribution in [-0.4, -0.2) is 39.1 Å². The fourth-order valence-electron chi connectivity index (χ4n) is 3.63. The standard InChI is InChI=1S/C23H31NO4/c1-25-11-6-12-27-22-13-19(9-10-21(22)26-2)14-23(24)15-20(16-23)28-17-18-7-4-3-5-8-18/h3-5,7-10,13,20H,6,11-12,14-17,24H2,1-2H3. The highest BCUT2D eigenvalue weighted by Gasteiger charge is 2.41. The van der Waals surface area contributed by atoms with Gasteiger partial charge in [0, 0.05) is 25.7 Å².